The van der Waals surface area contributed by atoms with Crippen LogP contribution in [0.4, 0.5) is 0 Å². The Morgan fingerprint density at radius 3 is 2.40 bits per heavy atom. The zero-order chi connectivity index (χ0) is 18.1. The Hall–Kier alpha value is -0.820. The van der Waals surface area contributed by atoms with Crippen molar-refractivity contribution in [3.63, 3.8) is 0 Å². The Morgan fingerprint density at radius 2 is 1.80 bits per heavy atom. The molecule has 1 unspecified atom stereocenters. The predicted molar refractivity (Wildman–Crippen MR) is 108 cm³/mol. The van der Waals surface area contributed by atoms with E-state index in [2.05, 4.69) is 38.3 Å². The van der Waals surface area contributed by atoms with Gasteiger partial charge in [0, 0.05) is 29.0 Å². The Kier molecular flexibility index (Phi) is 5.63. The van der Waals surface area contributed by atoms with Gasteiger partial charge in [0.15, 0.2) is 0 Å². The molecule has 1 atom stereocenters. The first-order valence-electron chi connectivity index (χ1n) is 8.54. The molecular formula is C19H25NO2S3. The van der Waals surface area contributed by atoms with E-state index in [1.54, 1.807) is 27.8 Å². The third-order valence-electron chi connectivity index (χ3n) is 4.52. The van der Waals surface area contributed by atoms with Crippen molar-refractivity contribution in [3.05, 3.63) is 52.2 Å². The second kappa shape index (κ2) is 7.43. The minimum Gasteiger partial charge on any atom is -0.207 e. The third kappa shape index (κ3) is 4.30. The van der Waals surface area contributed by atoms with E-state index in [1.807, 2.05) is 23.9 Å². The fourth-order valence-electron chi connectivity index (χ4n) is 2.97. The van der Waals surface area contributed by atoms with Crippen molar-refractivity contribution >= 4 is 33.1 Å². The van der Waals surface area contributed by atoms with Gasteiger partial charge in [-0.15, -0.1) is 11.3 Å². The first kappa shape index (κ1) is 19.0. The van der Waals surface area contributed by atoms with Crippen molar-refractivity contribution in [2.75, 3.05) is 18.8 Å². The largest absolute Gasteiger partial charge is 0.243 e. The molecule has 0 amide bonds. The van der Waals surface area contributed by atoms with E-state index in [9.17, 15) is 8.42 Å². The average Bonchev–Trinajstić information content (AvgIpc) is 2.98. The van der Waals surface area contributed by atoms with Gasteiger partial charge < -0.3 is 0 Å². The average molecular weight is 396 g/mol. The summed E-state index contributed by atoms with van der Waals surface area (Å²) >= 11 is 3.63. The van der Waals surface area contributed by atoms with Crippen molar-refractivity contribution in [3.8, 4) is 0 Å². The van der Waals surface area contributed by atoms with Gasteiger partial charge in [0.25, 0.3) is 0 Å². The van der Waals surface area contributed by atoms with Gasteiger partial charge in [0.2, 0.25) is 10.0 Å². The topological polar surface area (TPSA) is 37.4 Å². The minimum absolute atomic E-state index is 0.0233. The van der Waals surface area contributed by atoms with Crippen molar-refractivity contribution in [2.45, 2.75) is 42.8 Å². The summed E-state index contributed by atoms with van der Waals surface area (Å²) in [5, 5.41) is 2.50. The Balaban J connectivity index is 1.76. The highest BCUT2D eigenvalue weighted by Crippen LogP contribution is 2.37. The molecule has 1 saturated heterocycles. The van der Waals surface area contributed by atoms with Crippen molar-refractivity contribution in [1.82, 2.24) is 4.31 Å². The molecule has 0 saturated carbocycles. The quantitative estimate of drug-likeness (QED) is 0.741. The number of thioether (sulfide) groups is 1. The summed E-state index contributed by atoms with van der Waals surface area (Å²) in [6.45, 7) is 7.56. The summed E-state index contributed by atoms with van der Waals surface area (Å²) in [6, 6.07) is 11.6. The summed E-state index contributed by atoms with van der Waals surface area (Å²) in [5.41, 5.74) is 1.17. The van der Waals surface area contributed by atoms with Crippen LogP contribution in [0, 0.1) is 0 Å². The summed E-state index contributed by atoms with van der Waals surface area (Å²) < 4.78 is 27.7. The van der Waals surface area contributed by atoms with E-state index in [0.717, 1.165) is 17.7 Å². The maximum atomic E-state index is 13.0. The van der Waals surface area contributed by atoms with Gasteiger partial charge in [-0.25, -0.2) is 8.42 Å². The first-order chi connectivity index (χ1) is 11.8. The van der Waals surface area contributed by atoms with Crippen LogP contribution in [0.3, 0.4) is 0 Å². The molecular weight excluding hydrogens is 370 g/mol. The molecule has 0 spiro atoms. The van der Waals surface area contributed by atoms with Crippen molar-refractivity contribution < 1.29 is 8.42 Å². The van der Waals surface area contributed by atoms with Gasteiger partial charge in [0.1, 0.15) is 0 Å². The molecule has 2 heterocycles. The molecule has 1 aliphatic heterocycles. The molecule has 0 aliphatic carbocycles. The van der Waals surface area contributed by atoms with Crippen LogP contribution in [0.2, 0.25) is 0 Å². The second-order valence-corrected chi connectivity index (χ2v) is 11.6. The minimum atomic E-state index is -3.42. The van der Waals surface area contributed by atoms with Gasteiger partial charge in [0.05, 0.1) is 4.90 Å². The van der Waals surface area contributed by atoms with Crippen molar-refractivity contribution in [1.29, 1.82) is 0 Å². The molecule has 3 rings (SSSR count). The summed E-state index contributed by atoms with van der Waals surface area (Å²) in [4.78, 5) is 1.75. The molecule has 1 aromatic carbocycles. The summed E-state index contributed by atoms with van der Waals surface area (Å²) in [7, 11) is -3.42. The molecule has 3 nitrogen and oxygen atoms in total. The van der Waals surface area contributed by atoms with Crippen LogP contribution in [-0.4, -0.2) is 31.6 Å². The lowest BCUT2D eigenvalue weighted by Crippen LogP contribution is -2.33. The van der Waals surface area contributed by atoms with Gasteiger partial charge in [-0.05, 0) is 41.0 Å². The zero-order valence-corrected chi connectivity index (χ0v) is 17.4. The molecule has 1 aliphatic rings. The maximum absolute atomic E-state index is 13.0. The SMILES string of the molecule is CC(C)(C)c1ccc(S(=O)(=O)N2CCSC(c3cccs3)CC2)cc1. The van der Waals surface area contributed by atoms with E-state index in [-0.39, 0.29) is 5.41 Å². The molecule has 6 heteroatoms. The van der Waals surface area contributed by atoms with Gasteiger partial charge in [-0.2, -0.15) is 16.1 Å². The molecule has 136 valence electrons. The number of hydrogen-bond acceptors (Lipinski definition) is 4. The molecule has 0 radical (unpaired) electrons. The van der Waals surface area contributed by atoms with Crippen LogP contribution in [0.15, 0.2) is 46.7 Å². The highest BCUT2D eigenvalue weighted by atomic mass is 32.2. The lowest BCUT2D eigenvalue weighted by atomic mass is 9.87. The molecule has 2 aromatic rings. The number of benzene rings is 1. The van der Waals surface area contributed by atoms with Crippen molar-refractivity contribution in [2.24, 2.45) is 0 Å². The van der Waals surface area contributed by atoms with Crippen LogP contribution in [0.25, 0.3) is 0 Å². The molecule has 1 fully saturated rings. The number of sulfonamides is 1. The molecule has 25 heavy (non-hydrogen) atoms. The van der Waals surface area contributed by atoms with E-state index in [0.29, 0.717) is 23.2 Å². The third-order valence-corrected chi connectivity index (χ3v) is 8.88. The highest BCUT2D eigenvalue weighted by Gasteiger charge is 2.29. The van der Waals surface area contributed by atoms with E-state index in [4.69, 9.17) is 0 Å². The summed E-state index contributed by atoms with van der Waals surface area (Å²) in [5.74, 6) is 0.835. The van der Waals surface area contributed by atoms with E-state index in [1.165, 1.54) is 4.88 Å². The summed E-state index contributed by atoms with van der Waals surface area (Å²) in [6.07, 6.45) is 0.866. The highest BCUT2D eigenvalue weighted by molar-refractivity contribution is 7.99. The van der Waals surface area contributed by atoms with Crippen LogP contribution >= 0.6 is 23.1 Å². The molecule has 1 aromatic heterocycles. The van der Waals surface area contributed by atoms with E-state index >= 15 is 0 Å². The lowest BCUT2D eigenvalue weighted by Gasteiger charge is -2.22. The number of rotatable bonds is 3. The lowest BCUT2D eigenvalue weighted by molar-refractivity contribution is 0.428. The standard InChI is InChI=1S/C19H25NO2S3/c1-19(2,3)15-6-8-16(9-7-15)25(21,22)20-11-10-18(24-14-12-20)17-5-4-13-23-17/h4-9,13,18H,10-12,14H2,1-3H3. The first-order valence-corrected chi connectivity index (χ1v) is 11.9. The predicted octanol–water partition coefficient (Wildman–Crippen LogP) is 4.91. The van der Waals surface area contributed by atoms with Gasteiger partial charge >= 0.3 is 0 Å². The Labute approximate surface area is 159 Å². The molecule has 0 N–H and O–H groups in total. The monoisotopic (exact) mass is 395 g/mol. The smallest absolute Gasteiger partial charge is 0.207 e. The second-order valence-electron chi connectivity index (χ2n) is 7.34. The number of hydrogen-bond donors (Lipinski definition) is 0. The zero-order valence-electron chi connectivity index (χ0n) is 14.9. The van der Waals surface area contributed by atoms with Crippen LogP contribution in [-0.2, 0) is 15.4 Å². The van der Waals surface area contributed by atoms with Crippen LogP contribution < -0.4 is 0 Å². The molecule has 0 bridgehead atoms. The Bertz CT molecular complexity index is 790. The van der Waals surface area contributed by atoms with Crippen LogP contribution in [0.1, 0.15) is 42.9 Å². The number of thiophene rings is 1. The van der Waals surface area contributed by atoms with Gasteiger partial charge in [-0.1, -0.05) is 39.0 Å². The Morgan fingerprint density at radius 1 is 1.08 bits per heavy atom. The fourth-order valence-corrected chi connectivity index (χ4v) is 6.78. The fraction of sp³-hybridized carbons (Fsp3) is 0.474. The number of nitrogens with zero attached hydrogens (tertiary/aromatic N) is 1. The maximum Gasteiger partial charge on any atom is 0.243 e. The normalized spacial score (nSPS) is 20.4. The van der Waals surface area contributed by atoms with E-state index < -0.39 is 10.0 Å². The van der Waals surface area contributed by atoms with Crippen LogP contribution in [0.5, 0.6) is 0 Å². The van der Waals surface area contributed by atoms with Gasteiger partial charge in [-0.3, -0.25) is 0 Å².